The molecule has 11 heteroatoms. The van der Waals surface area contributed by atoms with Gasteiger partial charge in [0, 0.05) is 16.7 Å². The molecule has 0 spiro atoms. The molecule has 2 heterocycles. The predicted molar refractivity (Wildman–Crippen MR) is 125 cm³/mol. The van der Waals surface area contributed by atoms with Crippen LogP contribution in [0.1, 0.15) is 34.2 Å². The summed E-state index contributed by atoms with van der Waals surface area (Å²) in [6, 6.07) is 8.86. The fourth-order valence-electron chi connectivity index (χ4n) is 4.05. The maximum absolute atomic E-state index is 14.8. The number of rotatable bonds is 7. The maximum atomic E-state index is 14.8. The van der Waals surface area contributed by atoms with Crippen LogP contribution in [0.3, 0.4) is 0 Å². The van der Waals surface area contributed by atoms with E-state index in [1.807, 2.05) is 0 Å². The van der Waals surface area contributed by atoms with Crippen LogP contribution in [-0.2, 0) is 12.1 Å². The number of benzene rings is 2. The summed E-state index contributed by atoms with van der Waals surface area (Å²) >= 11 is 5.97. The van der Waals surface area contributed by atoms with Crippen LogP contribution in [0.15, 0.2) is 55.1 Å². The van der Waals surface area contributed by atoms with Crippen LogP contribution in [0.5, 0.6) is 0 Å². The van der Waals surface area contributed by atoms with E-state index in [0.717, 1.165) is 17.8 Å². The highest BCUT2D eigenvalue weighted by molar-refractivity contribution is 6.30. The second kappa shape index (κ2) is 9.55. The molecule has 35 heavy (non-hydrogen) atoms. The highest BCUT2D eigenvalue weighted by Gasteiger charge is 2.40. The molecule has 4 rings (SSSR count). The van der Waals surface area contributed by atoms with Gasteiger partial charge in [-0.2, -0.15) is 10.2 Å². The second-order valence-electron chi connectivity index (χ2n) is 8.27. The van der Waals surface area contributed by atoms with Crippen LogP contribution in [0.4, 0.5) is 8.78 Å². The lowest BCUT2D eigenvalue weighted by molar-refractivity contribution is -0.0186. The van der Waals surface area contributed by atoms with Crippen molar-refractivity contribution in [3.05, 3.63) is 94.3 Å². The van der Waals surface area contributed by atoms with E-state index in [0.29, 0.717) is 28.0 Å². The Morgan fingerprint density at radius 2 is 1.91 bits per heavy atom. The summed E-state index contributed by atoms with van der Waals surface area (Å²) in [4.78, 5) is 17.2. The van der Waals surface area contributed by atoms with E-state index in [2.05, 4.69) is 20.5 Å². The molecule has 4 aromatic rings. The van der Waals surface area contributed by atoms with Gasteiger partial charge < -0.3 is 10.4 Å². The first-order valence-electron chi connectivity index (χ1n) is 10.7. The zero-order valence-electron chi connectivity index (χ0n) is 19.2. The van der Waals surface area contributed by atoms with E-state index in [-0.39, 0.29) is 12.1 Å². The number of carbonyl (C=O) groups excluding carboxylic acids is 1. The number of nitrogens with one attached hydrogen (secondary N) is 1. The Balaban J connectivity index is 1.67. The number of aromatic nitrogens is 5. The van der Waals surface area contributed by atoms with E-state index < -0.39 is 29.2 Å². The lowest BCUT2D eigenvalue weighted by Crippen LogP contribution is -2.52. The van der Waals surface area contributed by atoms with Gasteiger partial charge in [-0.25, -0.2) is 23.1 Å². The summed E-state index contributed by atoms with van der Waals surface area (Å²) in [6.07, 6.45) is 2.62. The molecular formula is C24H23ClF2N6O2. The molecule has 0 fully saturated rings. The quantitative estimate of drug-likeness (QED) is 0.403. The molecule has 1 amide bonds. The third-order valence-corrected chi connectivity index (χ3v) is 6.17. The SMILES string of the molecule is Cc1nn(-c2ccc(Cl)cc2)c(C)c1C(=O)N[C@H](C)[C@](O)(Cn1cncn1)c1ccc(F)cc1F. The first-order valence-corrected chi connectivity index (χ1v) is 11.1. The molecular weight excluding hydrogens is 478 g/mol. The number of nitrogens with zero attached hydrogens (tertiary/aromatic N) is 5. The molecule has 0 saturated heterocycles. The lowest BCUT2D eigenvalue weighted by Gasteiger charge is -2.35. The van der Waals surface area contributed by atoms with Gasteiger partial charge in [0.25, 0.3) is 5.91 Å². The standard InChI is InChI=1S/C24H23ClF2N6O2/c1-14-22(15(2)33(31-14)19-7-4-17(25)5-8-19)23(34)30-16(3)24(35,11-32-13-28-12-29-32)20-9-6-18(26)10-21(20)27/h4-10,12-13,16,35H,11H2,1-3H3,(H,30,34)/t16-,24-/m1/s1. The Labute approximate surface area is 205 Å². The van der Waals surface area contributed by atoms with Gasteiger partial charge in [0.2, 0.25) is 0 Å². The summed E-state index contributed by atoms with van der Waals surface area (Å²) in [5.74, 6) is -2.24. The summed E-state index contributed by atoms with van der Waals surface area (Å²) < 4.78 is 31.2. The monoisotopic (exact) mass is 500 g/mol. The molecule has 0 aliphatic rings. The van der Waals surface area contributed by atoms with Crippen LogP contribution in [0, 0.1) is 25.5 Å². The molecule has 2 atom stereocenters. The highest BCUT2D eigenvalue weighted by Crippen LogP contribution is 2.30. The molecule has 0 radical (unpaired) electrons. The minimum atomic E-state index is -1.98. The number of hydrogen-bond acceptors (Lipinski definition) is 5. The fourth-order valence-corrected chi connectivity index (χ4v) is 4.18. The Bertz CT molecular complexity index is 1360. The minimum Gasteiger partial charge on any atom is -0.381 e. The first kappa shape index (κ1) is 24.5. The van der Waals surface area contributed by atoms with Gasteiger partial charge in [-0.1, -0.05) is 17.7 Å². The van der Waals surface area contributed by atoms with Crippen molar-refractivity contribution >= 4 is 17.5 Å². The van der Waals surface area contributed by atoms with Crippen LogP contribution < -0.4 is 5.32 Å². The molecule has 0 aliphatic heterocycles. The van der Waals surface area contributed by atoms with Crippen molar-refractivity contribution in [3.63, 3.8) is 0 Å². The molecule has 2 aromatic heterocycles. The molecule has 0 aliphatic carbocycles. The van der Waals surface area contributed by atoms with Crippen molar-refractivity contribution in [2.45, 2.75) is 39.0 Å². The molecule has 2 N–H and O–H groups in total. The van der Waals surface area contributed by atoms with Crippen molar-refractivity contribution in [1.82, 2.24) is 29.9 Å². The van der Waals surface area contributed by atoms with Crippen molar-refractivity contribution in [3.8, 4) is 5.69 Å². The van der Waals surface area contributed by atoms with Crippen molar-refractivity contribution < 1.29 is 18.7 Å². The van der Waals surface area contributed by atoms with E-state index in [1.165, 1.54) is 24.3 Å². The lowest BCUT2D eigenvalue weighted by atomic mass is 9.86. The molecule has 0 bridgehead atoms. The Kier molecular flexibility index (Phi) is 6.68. The molecule has 0 saturated carbocycles. The minimum absolute atomic E-state index is 0.187. The predicted octanol–water partition coefficient (Wildman–Crippen LogP) is 3.72. The van der Waals surface area contributed by atoms with Gasteiger partial charge in [-0.15, -0.1) is 0 Å². The topological polar surface area (TPSA) is 97.9 Å². The van der Waals surface area contributed by atoms with Crippen molar-refractivity contribution in [1.29, 1.82) is 0 Å². The van der Waals surface area contributed by atoms with E-state index in [1.54, 1.807) is 42.8 Å². The van der Waals surface area contributed by atoms with Crippen molar-refractivity contribution in [2.75, 3.05) is 0 Å². The van der Waals surface area contributed by atoms with Gasteiger partial charge in [0.15, 0.2) is 0 Å². The third-order valence-electron chi connectivity index (χ3n) is 5.92. The number of aryl methyl sites for hydroxylation is 1. The number of aliphatic hydroxyl groups is 1. The van der Waals surface area contributed by atoms with Gasteiger partial charge in [0.05, 0.1) is 35.2 Å². The van der Waals surface area contributed by atoms with Gasteiger partial charge in [0.1, 0.15) is 29.9 Å². The zero-order chi connectivity index (χ0) is 25.3. The number of halogens is 3. The smallest absolute Gasteiger partial charge is 0.255 e. The highest BCUT2D eigenvalue weighted by atomic mass is 35.5. The summed E-state index contributed by atoms with van der Waals surface area (Å²) in [5, 5.41) is 23.4. The first-order chi connectivity index (χ1) is 16.6. The van der Waals surface area contributed by atoms with Crippen LogP contribution in [0.2, 0.25) is 5.02 Å². The average molecular weight is 501 g/mol. The van der Waals surface area contributed by atoms with Crippen LogP contribution in [0.25, 0.3) is 5.69 Å². The van der Waals surface area contributed by atoms with Crippen LogP contribution in [-0.4, -0.2) is 41.6 Å². The van der Waals surface area contributed by atoms with Gasteiger partial charge in [-0.05, 0) is 51.1 Å². The van der Waals surface area contributed by atoms with Crippen LogP contribution >= 0.6 is 11.6 Å². The normalized spacial score (nSPS) is 13.9. The summed E-state index contributed by atoms with van der Waals surface area (Å²) in [7, 11) is 0. The van der Waals surface area contributed by atoms with E-state index >= 15 is 0 Å². The molecule has 0 unspecified atom stereocenters. The average Bonchev–Trinajstić information content (AvgIpc) is 3.41. The largest absolute Gasteiger partial charge is 0.381 e. The molecule has 8 nitrogen and oxygen atoms in total. The van der Waals surface area contributed by atoms with Crippen molar-refractivity contribution in [2.24, 2.45) is 0 Å². The molecule has 182 valence electrons. The maximum Gasteiger partial charge on any atom is 0.255 e. The Morgan fingerprint density at radius 3 is 2.54 bits per heavy atom. The Morgan fingerprint density at radius 1 is 1.20 bits per heavy atom. The van der Waals surface area contributed by atoms with Gasteiger partial charge in [-0.3, -0.25) is 4.79 Å². The number of carbonyl (C=O) groups is 1. The third kappa shape index (κ3) is 4.80. The van der Waals surface area contributed by atoms with E-state index in [4.69, 9.17) is 11.6 Å². The number of hydrogen-bond donors (Lipinski definition) is 2. The van der Waals surface area contributed by atoms with Gasteiger partial charge >= 0.3 is 0 Å². The Hall–Kier alpha value is -3.63. The molecule has 2 aromatic carbocycles. The second-order valence-corrected chi connectivity index (χ2v) is 8.71. The zero-order valence-corrected chi connectivity index (χ0v) is 20.0. The fraction of sp³-hybridized carbons (Fsp3) is 0.250. The number of amides is 1. The van der Waals surface area contributed by atoms with E-state index in [9.17, 15) is 18.7 Å². The summed E-state index contributed by atoms with van der Waals surface area (Å²) in [5.41, 5.74) is -0.0906. The summed E-state index contributed by atoms with van der Waals surface area (Å²) in [6.45, 7) is 4.74.